The molecule has 1 unspecified atom stereocenters. The van der Waals surface area contributed by atoms with Gasteiger partial charge in [-0.1, -0.05) is 45.9 Å². The van der Waals surface area contributed by atoms with E-state index in [1.807, 2.05) is 44.2 Å². The van der Waals surface area contributed by atoms with E-state index < -0.39 is 0 Å². The predicted octanol–water partition coefficient (Wildman–Crippen LogP) is 3.72. The van der Waals surface area contributed by atoms with Crippen LogP contribution < -0.4 is 10.6 Å². The van der Waals surface area contributed by atoms with E-state index in [1.165, 1.54) is 6.20 Å². The molecule has 0 spiro atoms. The Hall–Kier alpha value is -2.28. The van der Waals surface area contributed by atoms with Gasteiger partial charge in [0.15, 0.2) is 0 Å². The summed E-state index contributed by atoms with van der Waals surface area (Å²) in [6.07, 6.45) is 2.30. The van der Waals surface area contributed by atoms with Crippen molar-refractivity contribution >= 4 is 11.6 Å². The van der Waals surface area contributed by atoms with Crippen molar-refractivity contribution in [2.75, 3.05) is 5.32 Å². The highest BCUT2D eigenvalue weighted by Gasteiger charge is 2.17. The Morgan fingerprint density at radius 1 is 1.36 bits per heavy atom. The third-order valence-corrected chi connectivity index (χ3v) is 3.46. The summed E-state index contributed by atoms with van der Waals surface area (Å²) < 4.78 is 0. The Labute approximate surface area is 133 Å². The number of nitrogens with zero attached hydrogens (tertiary/aromatic N) is 1. The number of nitriles is 1. The van der Waals surface area contributed by atoms with Crippen LogP contribution in [0.1, 0.15) is 46.6 Å². The third kappa shape index (κ3) is 4.92. The van der Waals surface area contributed by atoms with Crippen molar-refractivity contribution in [2.24, 2.45) is 0 Å². The molecule has 118 valence electrons. The highest BCUT2D eigenvalue weighted by Crippen LogP contribution is 2.29. The maximum absolute atomic E-state index is 12.0. The molecule has 4 heteroatoms. The summed E-state index contributed by atoms with van der Waals surface area (Å²) in [6.45, 7) is 10.3. The summed E-state index contributed by atoms with van der Waals surface area (Å²) in [4.78, 5) is 12.0. The zero-order valence-corrected chi connectivity index (χ0v) is 14.0. The van der Waals surface area contributed by atoms with Crippen LogP contribution in [-0.4, -0.2) is 11.9 Å². The molecule has 0 fully saturated rings. The number of nitrogens with one attached hydrogen (secondary N) is 2. The molecule has 2 N–H and O–H groups in total. The molecule has 0 saturated heterocycles. The van der Waals surface area contributed by atoms with Crippen molar-refractivity contribution in [3.8, 4) is 6.07 Å². The minimum atomic E-state index is -0.349. The molecule has 1 amide bonds. The Morgan fingerprint density at radius 2 is 2.00 bits per heavy atom. The Morgan fingerprint density at radius 3 is 2.55 bits per heavy atom. The number of benzene rings is 1. The Balaban J connectivity index is 2.95. The van der Waals surface area contributed by atoms with Gasteiger partial charge in [0.2, 0.25) is 0 Å². The molecule has 1 rings (SSSR count). The molecule has 0 radical (unpaired) electrons. The van der Waals surface area contributed by atoms with Gasteiger partial charge in [-0.3, -0.25) is 4.79 Å². The highest BCUT2D eigenvalue weighted by atomic mass is 16.1. The topological polar surface area (TPSA) is 64.9 Å². The first kappa shape index (κ1) is 17.8. The molecule has 0 heterocycles. The van der Waals surface area contributed by atoms with Crippen LogP contribution in [0.5, 0.6) is 0 Å². The van der Waals surface area contributed by atoms with Gasteiger partial charge >= 0.3 is 0 Å². The lowest BCUT2D eigenvalue weighted by molar-refractivity contribution is -0.117. The lowest BCUT2D eigenvalue weighted by Gasteiger charge is -2.22. The summed E-state index contributed by atoms with van der Waals surface area (Å²) in [5.41, 5.74) is 2.08. The second-order valence-corrected chi connectivity index (χ2v) is 6.39. The zero-order valence-electron chi connectivity index (χ0n) is 14.0. The van der Waals surface area contributed by atoms with Crippen molar-refractivity contribution in [3.63, 3.8) is 0 Å². The molecule has 0 bridgehead atoms. The van der Waals surface area contributed by atoms with Gasteiger partial charge < -0.3 is 10.6 Å². The number of amides is 1. The van der Waals surface area contributed by atoms with Crippen LogP contribution in [0.25, 0.3) is 0 Å². The van der Waals surface area contributed by atoms with E-state index in [4.69, 9.17) is 0 Å². The molecule has 0 aliphatic heterocycles. The van der Waals surface area contributed by atoms with E-state index in [1.54, 1.807) is 0 Å². The maximum atomic E-state index is 12.0. The predicted molar refractivity (Wildman–Crippen MR) is 90.4 cm³/mol. The van der Waals surface area contributed by atoms with E-state index in [2.05, 4.69) is 31.4 Å². The molecular formula is C18H25N3O. The lowest BCUT2D eigenvalue weighted by atomic mass is 9.86. The van der Waals surface area contributed by atoms with Gasteiger partial charge in [-0.2, -0.15) is 5.26 Å². The first-order chi connectivity index (χ1) is 10.3. The summed E-state index contributed by atoms with van der Waals surface area (Å²) >= 11 is 0. The van der Waals surface area contributed by atoms with Gasteiger partial charge in [0, 0.05) is 17.9 Å². The number of carbonyl (C=O) groups is 1. The van der Waals surface area contributed by atoms with Crippen molar-refractivity contribution in [1.29, 1.82) is 5.26 Å². The molecule has 1 aromatic rings. The van der Waals surface area contributed by atoms with E-state index in [0.717, 1.165) is 17.7 Å². The van der Waals surface area contributed by atoms with Crippen LogP contribution in [-0.2, 0) is 10.2 Å². The summed E-state index contributed by atoms with van der Waals surface area (Å²) in [5.74, 6) is -0.349. The fraction of sp³-hybridized carbons (Fsp3) is 0.444. The minimum absolute atomic E-state index is 0.0246. The maximum Gasteiger partial charge on any atom is 0.263 e. The molecule has 0 aliphatic rings. The fourth-order valence-electron chi connectivity index (χ4n) is 1.97. The van der Waals surface area contributed by atoms with Crippen molar-refractivity contribution in [2.45, 2.75) is 52.5 Å². The first-order valence-electron chi connectivity index (χ1n) is 7.56. The molecule has 0 aliphatic carbocycles. The molecular weight excluding hydrogens is 274 g/mol. The molecule has 1 atom stereocenters. The normalized spacial score (nSPS) is 13.2. The van der Waals surface area contributed by atoms with Crippen LogP contribution in [0.15, 0.2) is 36.0 Å². The van der Waals surface area contributed by atoms with Gasteiger partial charge in [-0.15, -0.1) is 0 Å². The largest absolute Gasteiger partial charge is 0.360 e. The van der Waals surface area contributed by atoms with Crippen LogP contribution in [0.2, 0.25) is 0 Å². The third-order valence-electron chi connectivity index (χ3n) is 3.46. The van der Waals surface area contributed by atoms with E-state index in [0.29, 0.717) is 0 Å². The quantitative estimate of drug-likeness (QED) is 0.643. The molecule has 22 heavy (non-hydrogen) atoms. The second-order valence-electron chi connectivity index (χ2n) is 6.39. The van der Waals surface area contributed by atoms with E-state index in [9.17, 15) is 10.1 Å². The van der Waals surface area contributed by atoms with Crippen molar-refractivity contribution < 1.29 is 4.79 Å². The van der Waals surface area contributed by atoms with Crippen molar-refractivity contribution in [1.82, 2.24) is 5.32 Å². The number of hydrogen-bond acceptors (Lipinski definition) is 3. The molecule has 0 aromatic heterocycles. The fourth-order valence-corrected chi connectivity index (χ4v) is 1.97. The lowest BCUT2D eigenvalue weighted by Crippen LogP contribution is -2.33. The van der Waals surface area contributed by atoms with Gasteiger partial charge in [0.25, 0.3) is 5.91 Å². The molecule has 0 saturated carbocycles. The highest BCUT2D eigenvalue weighted by molar-refractivity contribution is 5.97. The average Bonchev–Trinajstić information content (AvgIpc) is 2.47. The number of carbonyl (C=O) groups excluding carboxylic acids is 1. The van der Waals surface area contributed by atoms with Crippen LogP contribution in [0, 0.1) is 11.3 Å². The number of rotatable bonds is 5. The number of hydrogen-bond donors (Lipinski definition) is 2. The van der Waals surface area contributed by atoms with Gasteiger partial charge in [0.05, 0.1) is 0 Å². The number of anilines is 1. The summed E-state index contributed by atoms with van der Waals surface area (Å²) in [6, 6.07) is 9.89. The van der Waals surface area contributed by atoms with Crippen LogP contribution >= 0.6 is 0 Å². The van der Waals surface area contributed by atoms with Crippen LogP contribution in [0.3, 0.4) is 0 Å². The standard InChI is InChI=1S/C18H25N3O/c1-6-13(2)21-17(22)14(11-19)12-20-16-10-8-7-9-15(16)18(3,4)5/h7-10,12-13,20H,6H2,1-5H3,(H,21,22)/b14-12-. The van der Waals surface area contributed by atoms with Crippen LogP contribution in [0.4, 0.5) is 5.69 Å². The number of para-hydroxylation sites is 1. The Kier molecular flexibility index (Phi) is 6.18. The van der Waals surface area contributed by atoms with E-state index >= 15 is 0 Å². The van der Waals surface area contributed by atoms with Crippen molar-refractivity contribution in [3.05, 3.63) is 41.6 Å². The smallest absolute Gasteiger partial charge is 0.263 e. The minimum Gasteiger partial charge on any atom is -0.360 e. The van der Waals surface area contributed by atoms with E-state index in [-0.39, 0.29) is 22.9 Å². The zero-order chi connectivity index (χ0) is 16.8. The first-order valence-corrected chi connectivity index (χ1v) is 7.56. The molecule has 4 nitrogen and oxygen atoms in total. The van der Waals surface area contributed by atoms with Gasteiger partial charge in [0.1, 0.15) is 11.6 Å². The summed E-state index contributed by atoms with van der Waals surface area (Å²) in [7, 11) is 0. The average molecular weight is 299 g/mol. The van der Waals surface area contributed by atoms with Gasteiger partial charge in [-0.05, 0) is 30.4 Å². The second kappa shape index (κ2) is 7.65. The SMILES string of the molecule is CCC(C)NC(=O)/C(C#N)=C\Nc1ccccc1C(C)(C)C. The summed E-state index contributed by atoms with van der Waals surface area (Å²) in [5, 5.41) is 15.1. The van der Waals surface area contributed by atoms with Gasteiger partial charge in [-0.25, -0.2) is 0 Å². The molecule has 1 aromatic carbocycles. The Bertz CT molecular complexity index is 591. The monoisotopic (exact) mass is 299 g/mol.